The van der Waals surface area contributed by atoms with Crippen LogP contribution >= 0.6 is 0 Å². The highest BCUT2D eigenvalue weighted by molar-refractivity contribution is 5.83. The van der Waals surface area contributed by atoms with Gasteiger partial charge in [-0.3, -0.25) is 14.2 Å². The van der Waals surface area contributed by atoms with Crippen LogP contribution in [0.25, 0.3) is 10.9 Å². The normalized spacial score (nSPS) is 12.1. The number of likely N-dealkylation sites (N-methyl/N-ethyl adjacent to an activating group) is 1. The molecule has 0 aliphatic carbocycles. The Labute approximate surface area is 133 Å². The molecule has 1 N–H and O–H groups in total. The van der Waals surface area contributed by atoms with Gasteiger partial charge < -0.3 is 10.0 Å². The maximum Gasteiger partial charge on any atom is 0.326 e. The van der Waals surface area contributed by atoms with E-state index in [1.807, 2.05) is 13.0 Å². The van der Waals surface area contributed by atoms with Crippen molar-refractivity contribution in [2.45, 2.75) is 32.9 Å². The minimum atomic E-state index is -1.07. The molecule has 23 heavy (non-hydrogen) atoms. The van der Waals surface area contributed by atoms with Gasteiger partial charge in [-0.2, -0.15) is 0 Å². The number of carboxylic acids is 1. The third-order valence-electron chi connectivity index (χ3n) is 3.95. The molecule has 1 atom stereocenters. The van der Waals surface area contributed by atoms with Crippen molar-refractivity contribution in [2.24, 2.45) is 0 Å². The summed E-state index contributed by atoms with van der Waals surface area (Å²) in [6, 6.07) is 4.47. The van der Waals surface area contributed by atoms with Crippen molar-refractivity contribution in [1.82, 2.24) is 14.5 Å². The van der Waals surface area contributed by atoms with Gasteiger partial charge in [-0.1, -0.05) is 12.1 Å². The molecule has 1 unspecified atom stereocenters. The third-order valence-corrected chi connectivity index (χ3v) is 3.95. The van der Waals surface area contributed by atoms with Crippen LogP contribution in [0.15, 0.2) is 29.3 Å². The Bertz CT molecular complexity index is 813. The zero-order valence-electron chi connectivity index (χ0n) is 13.3. The number of hydrogen-bond donors (Lipinski definition) is 1. The maximum atomic E-state index is 12.4. The van der Waals surface area contributed by atoms with Crippen molar-refractivity contribution in [3.05, 3.63) is 40.4 Å². The zero-order valence-corrected chi connectivity index (χ0v) is 13.3. The second-order valence-corrected chi connectivity index (χ2v) is 5.48. The lowest BCUT2D eigenvalue weighted by Crippen LogP contribution is -2.40. The number of carbonyl (C=O) groups is 2. The van der Waals surface area contributed by atoms with Crippen LogP contribution in [0.3, 0.4) is 0 Å². The van der Waals surface area contributed by atoms with Gasteiger partial charge in [-0.25, -0.2) is 9.78 Å². The number of carbonyl (C=O) groups excluding carboxylic acids is 1. The lowest BCUT2D eigenvalue weighted by molar-refractivity contribution is -0.148. The highest BCUT2D eigenvalue weighted by Crippen LogP contribution is 2.11. The van der Waals surface area contributed by atoms with Gasteiger partial charge in [0.05, 0.1) is 17.2 Å². The minimum absolute atomic E-state index is 0.0348. The molecule has 2 aromatic rings. The van der Waals surface area contributed by atoms with E-state index in [1.54, 1.807) is 12.1 Å². The van der Waals surface area contributed by atoms with Crippen LogP contribution in [0.2, 0.25) is 0 Å². The van der Waals surface area contributed by atoms with Crippen molar-refractivity contribution in [3.63, 3.8) is 0 Å². The SMILES string of the molecule is Cc1cccc2c(=O)n(CCC(=O)N(C)C(C)C(=O)O)cnc12. The van der Waals surface area contributed by atoms with Crippen LogP contribution in [0.5, 0.6) is 0 Å². The van der Waals surface area contributed by atoms with E-state index in [-0.39, 0.29) is 24.4 Å². The highest BCUT2D eigenvalue weighted by Gasteiger charge is 2.21. The van der Waals surface area contributed by atoms with Crippen LogP contribution in [-0.4, -0.2) is 44.5 Å². The van der Waals surface area contributed by atoms with Crippen LogP contribution in [-0.2, 0) is 16.1 Å². The third kappa shape index (κ3) is 3.39. The summed E-state index contributed by atoms with van der Waals surface area (Å²) >= 11 is 0. The monoisotopic (exact) mass is 317 g/mol. The molecule has 0 aliphatic heterocycles. The summed E-state index contributed by atoms with van der Waals surface area (Å²) < 4.78 is 1.37. The van der Waals surface area contributed by atoms with E-state index in [2.05, 4.69) is 4.98 Å². The number of hydrogen-bond acceptors (Lipinski definition) is 4. The Balaban J connectivity index is 2.17. The standard InChI is InChI=1S/C16H19N3O4/c1-10-5-4-6-12-14(10)17-9-19(15(12)21)8-7-13(20)18(3)11(2)16(22)23/h4-6,9,11H,7-8H2,1-3H3,(H,22,23). The van der Waals surface area contributed by atoms with Crippen LogP contribution < -0.4 is 5.56 Å². The first kappa shape index (κ1) is 16.7. The smallest absolute Gasteiger partial charge is 0.326 e. The molecule has 2 rings (SSSR count). The van der Waals surface area contributed by atoms with Gasteiger partial charge >= 0.3 is 5.97 Å². The predicted molar refractivity (Wildman–Crippen MR) is 85.2 cm³/mol. The first-order valence-electron chi connectivity index (χ1n) is 7.26. The van der Waals surface area contributed by atoms with Crippen molar-refractivity contribution >= 4 is 22.8 Å². The summed E-state index contributed by atoms with van der Waals surface area (Å²) in [7, 11) is 1.44. The molecule has 0 bridgehead atoms. The van der Waals surface area contributed by atoms with E-state index < -0.39 is 12.0 Å². The highest BCUT2D eigenvalue weighted by atomic mass is 16.4. The quantitative estimate of drug-likeness (QED) is 0.889. The molecular weight excluding hydrogens is 298 g/mol. The number of aryl methyl sites for hydroxylation is 2. The van der Waals surface area contributed by atoms with Crippen molar-refractivity contribution in [3.8, 4) is 0 Å². The zero-order chi connectivity index (χ0) is 17.1. The summed E-state index contributed by atoms with van der Waals surface area (Å²) in [6.07, 6.45) is 1.46. The second-order valence-electron chi connectivity index (χ2n) is 5.48. The first-order valence-corrected chi connectivity index (χ1v) is 7.26. The fraction of sp³-hybridized carbons (Fsp3) is 0.375. The number of aromatic nitrogens is 2. The lowest BCUT2D eigenvalue weighted by Gasteiger charge is -2.21. The topological polar surface area (TPSA) is 92.5 Å². The Morgan fingerprint density at radius 2 is 2.09 bits per heavy atom. The molecule has 7 nitrogen and oxygen atoms in total. The van der Waals surface area contributed by atoms with E-state index in [0.29, 0.717) is 10.9 Å². The minimum Gasteiger partial charge on any atom is -0.480 e. The van der Waals surface area contributed by atoms with Gasteiger partial charge in [0.25, 0.3) is 5.56 Å². The van der Waals surface area contributed by atoms with Crippen molar-refractivity contribution < 1.29 is 14.7 Å². The van der Waals surface area contributed by atoms with Crippen molar-refractivity contribution in [1.29, 1.82) is 0 Å². The number of rotatable bonds is 5. The molecule has 122 valence electrons. The number of fused-ring (bicyclic) bond motifs is 1. The number of benzene rings is 1. The largest absolute Gasteiger partial charge is 0.480 e. The van der Waals surface area contributed by atoms with Gasteiger partial charge in [0.2, 0.25) is 5.91 Å². The lowest BCUT2D eigenvalue weighted by atomic mass is 10.1. The average Bonchev–Trinajstić information content (AvgIpc) is 2.53. The molecule has 1 aromatic carbocycles. The number of para-hydroxylation sites is 1. The molecule has 0 saturated heterocycles. The van der Waals surface area contributed by atoms with E-state index >= 15 is 0 Å². The molecule has 0 spiro atoms. The molecule has 0 radical (unpaired) electrons. The predicted octanol–water partition coefficient (Wildman–Crippen LogP) is 1.03. The Morgan fingerprint density at radius 1 is 1.39 bits per heavy atom. The summed E-state index contributed by atoms with van der Waals surface area (Å²) in [5.41, 5.74) is 1.36. The Hall–Kier alpha value is -2.70. The van der Waals surface area contributed by atoms with E-state index in [4.69, 9.17) is 5.11 Å². The van der Waals surface area contributed by atoms with Gasteiger partial charge in [0.15, 0.2) is 0 Å². The molecule has 0 saturated carbocycles. The summed E-state index contributed by atoms with van der Waals surface area (Å²) in [5, 5.41) is 9.42. The number of aliphatic carboxylic acids is 1. The maximum absolute atomic E-state index is 12.4. The van der Waals surface area contributed by atoms with Gasteiger partial charge in [0, 0.05) is 20.0 Å². The van der Waals surface area contributed by atoms with Gasteiger partial charge in [-0.05, 0) is 25.5 Å². The van der Waals surface area contributed by atoms with E-state index in [0.717, 1.165) is 10.5 Å². The molecule has 1 amide bonds. The number of nitrogens with zero attached hydrogens (tertiary/aromatic N) is 3. The van der Waals surface area contributed by atoms with Gasteiger partial charge in [-0.15, -0.1) is 0 Å². The fourth-order valence-electron chi connectivity index (χ4n) is 2.27. The molecule has 1 aromatic heterocycles. The second kappa shape index (κ2) is 6.60. The van der Waals surface area contributed by atoms with Crippen LogP contribution in [0.1, 0.15) is 18.9 Å². The Kier molecular flexibility index (Phi) is 4.78. The van der Waals surface area contributed by atoms with E-state index in [9.17, 15) is 14.4 Å². The average molecular weight is 317 g/mol. The summed E-state index contributed by atoms with van der Waals surface area (Å²) in [6.45, 7) is 3.48. The number of carboxylic acid groups (broad SMARTS) is 1. The van der Waals surface area contributed by atoms with Crippen LogP contribution in [0.4, 0.5) is 0 Å². The summed E-state index contributed by atoms with van der Waals surface area (Å²) in [4.78, 5) is 40.8. The molecule has 1 heterocycles. The number of amides is 1. The van der Waals surface area contributed by atoms with Crippen molar-refractivity contribution in [2.75, 3.05) is 7.05 Å². The summed E-state index contributed by atoms with van der Waals surface area (Å²) in [5.74, 6) is -1.41. The van der Waals surface area contributed by atoms with Gasteiger partial charge in [0.1, 0.15) is 6.04 Å². The fourth-order valence-corrected chi connectivity index (χ4v) is 2.27. The molecular formula is C16H19N3O4. The first-order chi connectivity index (χ1) is 10.8. The molecule has 0 fully saturated rings. The molecule has 0 aliphatic rings. The van der Waals surface area contributed by atoms with E-state index in [1.165, 1.54) is 24.9 Å². The van der Waals surface area contributed by atoms with Crippen LogP contribution in [0, 0.1) is 6.92 Å². The molecule has 7 heteroatoms. The Morgan fingerprint density at radius 3 is 2.74 bits per heavy atom.